The van der Waals surface area contributed by atoms with Gasteiger partial charge >= 0.3 is 0 Å². The van der Waals surface area contributed by atoms with Gasteiger partial charge in [0.05, 0.1) is 11.7 Å². The zero-order chi connectivity index (χ0) is 19.6. The molecule has 3 rings (SSSR count). The highest BCUT2D eigenvalue weighted by Gasteiger charge is 2.40. The normalized spacial score (nSPS) is 20.2. The number of aryl methyl sites for hydroxylation is 1. The van der Waals surface area contributed by atoms with Crippen LogP contribution in [-0.4, -0.2) is 65.7 Å². The first kappa shape index (κ1) is 19.1. The van der Waals surface area contributed by atoms with Crippen molar-refractivity contribution in [1.29, 1.82) is 0 Å². The molecule has 2 unspecified atom stereocenters. The SMILES string of the molecule is Cc1ccc(C2C(C(=O)Nc3cc(CN(C)C)[nH]n3)OCC(=O)N2C)cc1. The quantitative estimate of drug-likeness (QED) is 0.827. The highest BCUT2D eigenvalue weighted by atomic mass is 16.5. The Bertz CT molecular complexity index is 815. The topological polar surface area (TPSA) is 90.6 Å². The molecule has 0 saturated carbocycles. The van der Waals surface area contributed by atoms with E-state index in [0.717, 1.165) is 16.8 Å². The van der Waals surface area contributed by atoms with Crippen molar-refractivity contribution >= 4 is 17.6 Å². The molecule has 0 spiro atoms. The second kappa shape index (κ2) is 7.89. The number of hydrogen-bond acceptors (Lipinski definition) is 5. The predicted octanol–water partition coefficient (Wildman–Crippen LogP) is 1.32. The second-order valence-electron chi connectivity index (χ2n) is 7.10. The Kier molecular flexibility index (Phi) is 5.57. The first-order valence-corrected chi connectivity index (χ1v) is 8.79. The molecule has 144 valence electrons. The number of nitrogens with one attached hydrogen (secondary N) is 2. The van der Waals surface area contributed by atoms with Gasteiger partial charge in [0.2, 0.25) is 5.91 Å². The zero-order valence-electron chi connectivity index (χ0n) is 16.0. The summed E-state index contributed by atoms with van der Waals surface area (Å²) in [7, 11) is 5.60. The molecule has 1 aliphatic rings. The van der Waals surface area contributed by atoms with Gasteiger partial charge in [-0.3, -0.25) is 14.7 Å². The third kappa shape index (κ3) is 4.35. The van der Waals surface area contributed by atoms with Crippen molar-refractivity contribution in [3.8, 4) is 0 Å². The number of nitrogens with zero attached hydrogens (tertiary/aromatic N) is 3. The molecule has 1 aliphatic heterocycles. The van der Waals surface area contributed by atoms with Crippen LogP contribution in [0.1, 0.15) is 22.9 Å². The van der Waals surface area contributed by atoms with Gasteiger partial charge < -0.3 is 19.9 Å². The third-order valence-corrected chi connectivity index (χ3v) is 4.53. The van der Waals surface area contributed by atoms with Crippen LogP contribution in [0.2, 0.25) is 0 Å². The molecule has 2 N–H and O–H groups in total. The molecular weight excluding hydrogens is 346 g/mol. The Morgan fingerprint density at radius 1 is 1.37 bits per heavy atom. The van der Waals surface area contributed by atoms with Gasteiger partial charge in [0.25, 0.3) is 5.91 Å². The molecule has 8 heteroatoms. The number of H-pyrrole nitrogens is 1. The van der Waals surface area contributed by atoms with E-state index in [4.69, 9.17) is 4.74 Å². The maximum atomic E-state index is 12.9. The second-order valence-corrected chi connectivity index (χ2v) is 7.10. The molecule has 0 radical (unpaired) electrons. The average molecular weight is 371 g/mol. The van der Waals surface area contributed by atoms with Crippen LogP contribution >= 0.6 is 0 Å². The van der Waals surface area contributed by atoms with Crippen LogP contribution in [0.5, 0.6) is 0 Å². The Labute approximate surface area is 158 Å². The highest BCUT2D eigenvalue weighted by Crippen LogP contribution is 2.30. The van der Waals surface area contributed by atoms with Crippen LogP contribution in [0.4, 0.5) is 5.82 Å². The fraction of sp³-hybridized carbons (Fsp3) is 0.421. The summed E-state index contributed by atoms with van der Waals surface area (Å²) in [5.74, 6) is -0.0526. The lowest BCUT2D eigenvalue weighted by molar-refractivity contribution is -0.160. The standard InChI is InChI=1S/C19H25N5O3/c1-12-5-7-13(8-6-12)17-18(27-11-16(25)24(17)4)19(26)20-15-9-14(21-22-15)10-23(2)3/h5-9,17-18H,10-11H2,1-4H3,(H2,20,21,22,26). The number of aromatic nitrogens is 2. The Hall–Kier alpha value is -2.71. The molecule has 2 heterocycles. The smallest absolute Gasteiger partial charge is 0.257 e. The van der Waals surface area contributed by atoms with E-state index in [9.17, 15) is 9.59 Å². The molecule has 1 aromatic heterocycles. The molecule has 2 atom stereocenters. The molecule has 0 bridgehead atoms. The van der Waals surface area contributed by atoms with Crippen LogP contribution in [0.15, 0.2) is 30.3 Å². The zero-order valence-corrected chi connectivity index (χ0v) is 16.0. The van der Waals surface area contributed by atoms with E-state index in [1.165, 1.54) is 0 Å². The molecular formula is C19H25N5O3. The number of hydrogen-bond donors (Lipinski definition) is 2. The minimum Gasteiger partial charge on any atom is -0.356 e. The predicted molar refractivity (Wildman–Crippen MR) is 101 cm³/mol. The molecule has 2 amide bonds. The number of likely N-dealkylation sites (N-methyl/N-ethyl adjacent to an activating group) is 1. The number of amides is 2. The number of carbonyl (C=O) groups is 2. The average Bonchev–Trinajstić information content (AvgIpc) is 3.04. The van der Waals surface area contributed by atoms with Gasteiger partial charge in [-0.15, -0.1) is 0 Å². The van der Waals surface area contributed by atoms with Crippen molar-refractivity contribution < 1.29 is 14.3 Å². The van der Waals surface area contributed by atoms with E-state index < -0.39 is 12.1 Å². The number of benzene rings is 1. The number of aromatic amines is 1. The molecule has 1 fully saturated rings. The minimum absolute atomic E-state index is 0.122. The van der Waals surface area contributed by atoms with Gasteiger partial charge in [-0.05, 0) is 26.6 Å². The molecule has 8 nitrogen and oxygen atoms in total. The monoisotopic (exact) mass is 371 g/mol. The van der Waals surface area contributed by atoms with Gasteiger partial charge in [-0.2, -0.15) is 5.10 Å². The first-order chi connectivity index (χ1) is 12.8. The number of carbonyl (C=O) groups excluding carboxylic acids is 2. The summed E-state index contributed by atoms with van der Waals surface area (Å²) < 4.78 is 5.61. The first-order valence-electron chi connectivity index (χ1n) is 8.79. The molecule has 0 aliphatic carbocycles. The van der Waals surface area contributed by atoms with Gasteiger partial charge in [0, 0.05) is 19.7 Å². The molecule has 27 heavy (non-hydrogen) atoms. The maximum absolute atomic E-state index is 12.9. The molecule has 1 saturated heterocycles. The molecule has 1 aromatic carbocycles. The van der Waals surface area contributed by atoms with Crippen molar-refractivity contribution in [2.45, 2.75) is 25.6 Å². The summed E-state index contributed by atoms with van der Waals surface area (Å²) in [6.07, 6.45) is -0.815. The van der Waals surface area contributed by atoms with Crippen molar-refractivity contribution in [2.24, 2.45) is 0 Å². The van der Waals surface area contributed by atoms with E-state index in [2.05, 4.69) is 15.5 Å². The lowest BCUT2D eigenvalue weighted by Gasteiger charge is -2.38. The van der Waals surface area contributed by atoms with E-state index in [-0.39, 0.29) is 18.4 Å². The van der Waals surface area contributed by atoms with Crippen LogP contribution in [-0.2, 0) is 20.9 Å². The Morgan fingerprint density at radius 3 is 2.74 bits per heavy atom. The summed E-state index contributed by atoms with van der Waals surface area (Å²) >= 11 is 0. The Morgan fingerprint density at radius 2 is 2.07 bits per heavy atom. The number of ether oxygens (including phenoxy) is 1. The summed E-state index contributed by atoms with van der Waals surface area (Å²) in [4.78, 5) is 28.6. The summed E-state index contributed by atoms with van der Waals surface area (Å²) in [5, 5.41) is 9.82. The summed E-state index contributed by atoms with van der Waals surface area (Å²) in [6.45, 7) is 2.55. The lowest BCUT2D eigenvalue weighted by atomic mass is 9.97. The van der Waals surface area contributed by atoms with Gasteiger partial charge in [-0.25, -0.2) is 0 Å². The molecule has 2 aromatic rings. The van der Waals surface area contributed by atoms with Crippen LogP contribution < -0.4 is 5.32 Å². The highest BCUT2D eigenvalue weighted by molar-refractivity contribution is 5.95. The van der Waals surface area contributed by atoms with Crippen LogP contribution in [0, 0.1) is 6.92 Å². The minimum atomic E-state index is -0.815. The van der Waals surface area contributed by atoms with E-state index in [1.54, 1.807) is 18.0 Å². The van der Waals surface area contributed by atoms with Crippen molar-refractivity contribution in [3.63, 3.8) is 0 Å². The van der Waals surface area contributed by atoms with Crippen LogP contribution in [0.3, 0.4) is 0 Å². The number of morpholine rings is 1. The van der Waals surface area contributed by atoms with Gasteiger partial charge in [0.15, 0.2) is 11.9 Å². The van der Waals surface area contributed by atoms with Crippen LogP contribution in [0.25, 0.3) is 0 Å². The van der Waals surface area contributed by atoms with E-state index in [1.807, 2.05) is 50.2 Å². The fourth-order valence-electron chi connectivity index (χ4n) is 3.14. The third-order valence-electron chi connectivity index (χ3n) is 4.53. The van der Waals surface area contributed by atoms with Gasteiger partial charge in [-0.1, -0.05) is 29.8 Å². The van der Waals surface area contributed by atoms with E-state index >= 15 is 0 Å². The fourth-order valence-corrected chi connectivity index (χ4v) is 3.14. The lowest BCUT2D eigenvalue weighted by Crippen LogP contribution is -2.51. The van der Waals surface area contributed by atoms with Crippen molar-refractivity contribution in [2.75, 3.05) is 33.1 Å². The maximum Gasteiger partial charge on any atom is 0.257 e. The van der Waals surface area contributed by atoms with Crippen molar-refractivity contribution in [1.82, 2.24) is 20.0 Å². The largest absolute Gasteiger partial charge is 0.356 e. The van der Waals surface area contributed by atoms with E-state index in [0.29, 0.717) is 12.4 Å². The van der Waals surface area contributed by atoms with Crippen molar-refractivity contribution in [3.05, 3.63) is 47.2 Å². The van der Waals surface area contributed by atoms with Gasteiger partial charge in [0.1, 0.15) is 6.61 Å². The summed E-state index contributed by atoms with van der Waals surface area (Å²) in [6, 6.07) is 9.05. The summed E-state index contributed by atoms with van der Waals surface area (Å²) in [5.41, 5.74) is 2.85. The number of rotatable bonds is 5. The number of anilines is 1. The Balaban J connectivity index is 1.79.